The average molecular weight is 219 g/mol. The molecule has 0 aliphatic rings. The smallest absolute Gasteiger partial charge is 0.111 e. The maximum absolute atomic E-state index is 5.34. The number of rotatable bonds is 5. The lowest BCUT2D eigenvalue weighted by Crippen LogP contribution is -2.15. The molecule has 0 heterocycles. The quantitative estimate of drug-likeness (QED) is 0.391. The van der Waals surface area contributed by atoms with Crippen LogP contribution in [0, 0.1) is 0 Å². The van der Waals surface area contributed by atoms with E-state index < -0.39 is 0 Å². The van der Waals surface area contributed by atoms with Crippen LogP contribution in [0.4, 0.5) is 0 Å². The van der Waals surface area contributed by atoms with Gasteiger partial charge in [0.15, 0.2) is 0 Å². The Bertz CT molecular complexity index is 132. The van der Waals surface area contributed by atoms with Gasteiger partial charge < -0.3 is 4.74 Å². The second kappa shape index (κ2) is 6.47. The molecule has 0 aromatic heterocycles. The zero-order valence-corrected chi connectivity index (χ0v) is 8.67. The van der Waals surface area contributed by atoms with E-state index >= 15 is 0 Å². The van der Waals surface area contributed by atoms with Crippen molar-refractivity contribution in [2.45, 2.75) is 31.2 Å². The van der Waals surface area contributed by atoms with Crippen LogP contribution in [0.1, 0.15) is 20.3 Å². The summed E-state index contributed by atoms with van der Waals surface area (Å²) in [6.45, 7) is 7.73. The highest BCUT2D eigenvalue weighted by atomic mass is 79.9. The Morgan fingerprint density at radius 3 is 2.73 bits per heavy atom. The Labute approximate surface area is 77.3 Å². The van der Waals surface area contributed by atoms with E-state index in [1.807, 2.05) is 19.1 Å². The Morgan fingerprint density at radius 2 is 2.27 bits per heavy atom. The molecule has 0 amide bonds. The maximum Gasteiger partial charge on any atom is 0.111 e. The fraction of sp³-hybridized carbons (Fsp3) is 0.556. The molecule has 0 rings (SSSR count). The van der Waals surface area contributed by atoms with E-state index in [0.29, 0.717) is 0 Å². The van der Waals surface area contributed by atoms with Gasteiger partial charge in [0.05, 0.1) is 11.1 Å². The second-order valence-corrected chi connectivity index (χ2v) is 3.36. The van der Waals surface area contributed by atoms with Gasteiger partial charge in [0, 0.05) is 0 Å². The highest BCUT2D eigenvalue weighted by Gasteiger charge is 2.08. The van der Waals surface area contributed by atoms with Crippen molar-refractivity contribution in [3.05, 3.63) is 25.0 Å². The van der Waals surface area contributed by atoms with Crippen molar-refractivity contribution >= 4 is 15.9 Å². The Balaban J connectivity index is 3.59. The number of hydrogen-bond acceptors (Lipinski definition) is 1. The fourth-order valence-electron chi connectivity index (χ4n) is 0.542. The van der Waals surface area contributed by atoms with Crippen LogP contribution in [-0.4, -0.2) is 10.9 Å². The lowest BCUT2D eigenvalue weighted by Gasteiger charge is -2.13. The molecule has 0 spiro atoms. The molecule has 0 aromatic rings. The predicted molar refractivity (Wildman–Crippen MR) is 52.9 cm³/mol. The van der Waals surface area contributed by atoms with Crippen LogP contribution in [0.3, 0.4) is 0 Å². The molecule has 0 saturated heterocycles. The first-order valence-electron chi connectivity index (χ1n) is 3.79. The van der Waals surface area contributed by atoms with Crippen molar-refractivity contribution in [3.8, 4) is 0 Å². The summed E-state index contributed by atoms with van der Waals surface area (Å²) < 4.78 is 5.34. The molecule has 0 fully saturated rings. The van der Waals surface area contributed by atoms with Gasteiger partial charge in [-0.1, -0.05) is 35.0 Å². The molecule has 64 valence electrons. The highest BCUT2D eigenvalue weighted by molar-refractivity contribution is 9.09. The minimum absolute atomic E-state index is 0.148. The molecule has 0 bridgehead atoms. The summed E-state index contributed by atoms with van der Waals surface area (Å²) in [7, 11) is 0. The predicted octanol–water partition coefficient (Wildman–Crippen LogP) is 3.26. The zero-order chi connectivity index (χ0) is 8.69. The second-order valence-electron chi connectivity index (χ2n) is 2.30. The van der Waals surface area contributed by atoms with Gasteiger partial charge in [-0.2, -0.15) is 0 Å². The van der Waals surface area contributed by atoms with Gasteiger partial charge in [0.2, 0.25) is 0 Å². The standard InChI is InChI=1S/C9H15BrO/c1-4-6-7-11-8(3)9(10)5-2/h5-9H,2,4H2,1,3H3/b7-6-. The molecule has 0 saturated carbocycles. The highest BCUT2D eigenvalue weighted by Crippen LogP contribution is 2.10. The summed E-state index contributed by atoms with van der Waals surface area (Å²) in [5.74, 6) is 0. The summed E-state index contributed by atoms with van der Waals surface area (Å²) in [4.78, 5) is 0.226. The van der Waals surface area contributed by atoms with Crippen molar-refractivity contribution in [3.63, 3.8) is 0 Å². The molecule has 0 radical (unpaired) electrons. The topological polar surface area (TPSA) is 9.23 Å². The van der Waals surface area contributed by atoms with Crippen LogP contribution >= 0.6 is 15.9 Å². The maximum atomic E-state index is 5.34. The Kier molecular flexibility index (Phi) is 6.33. The van der Waals surface area contributed by atoms with E-state index in [-0.39, 0.29) is 10.9 Å². The fourth-order valence-corrected chi connectivity index (χ4v) is 0.667. The summed E-state index contributed by atoms with van der Waals surface area (Å²) in [5, 5.41) is 0. The Hall–Kier alpha value is -0.240. The van der Waals surface area contributed by atoms with Crippen molar-refractivity contribution in [2.24, 2.45) is 0 Å². The SMILES string of the molecule is C=CC(Br)C(C)O/C=C\CC. The van der Waals surface area contributed by atoms with E-state index in [0.717, 1.165) is 6.42 Å². The Morgan fingerprint density at radius 1 is 1.64 bits per heavy atom. The third-order valence-corrected chi connectivity index (χ3v) is 2.42. The molecule has 0 N–H and O–H groups in total. The number of alkyl halides is 1. The van der Waals surface area contributed by atoms with Crippen LogP contribution in [0.25, 0.3) is 0 Å². The average Bonchev–Trinajstić information content (AvgIpc) is 2.03. The van der Waals surface area contributed by atoms with Gasteiger partial charge >= 0.3 is 0 Å². The van der Waals surface area contributed by atoms with E-state index in [1.165, 1.54) is 0 Å². The normalized spacial score (nSPS) is 16.3. The first-order chi connectivity index (χ1) is 5.22. The van der Waals surface area contributed by atoms with Gasteiger partial charge in [-0.3, -0.25) is 0 Å². The van der Waals surface area contributed by atoms with Gasteiger partial charge in [0.1, 0.15) is 6.10 Å². The largest absolute Gasteiger partial charge is 0.497 e. The molecule has 0 aromatic carbocycles. The molecule has 2 unspecified atom stereocenters. The summed E-state index contributed by atoms with van der Waals surface area (Å²) in [5.41, 5.74) is 0. The monoisotopic (exact) mass is 218 g/mol. The van der Waals surface area contributed by atoms with Gasteiger partial charge in [-0.25, -0.2) is 0 Å². The lowest BCUT2D eigenvalue weighted by molar-refractivity contribution is 0.170. The van der Waals surface area contributed by atoms with Gasteiger partial charge in [0.25, 0.3) is 0 Å². The minimum Gasteiger partial charge on any atom is -0.497 e. The van der Waals surface area contributed by atoms with Crippen LogP contribution in [-0.2, 0) is 4.74 Å². The molecule has 0 aliphatic carbocycles. The molecular formula is C9H15BrO. The van der Waals surface area contributed by atoms with Gasteiger partial charge in [-0.05, 0) is 13.3 Å². The molecule has 11 heavy (non-hydrogen) atoms. The van der Waals surface area contributed by atoms with Crippen molar-refractivity contribution in [1.29, 1.82) is 0 Å². The van der Waals surface area contributed by atoms with Crippen LogP contribution < -0.4 is 0 Å². The summed E-state index contributed by atoms with van der Waals surface area (Å²) in [6.07, 6.45) is 6.70. The van der Waals surface area contributed by atoms with Gasteiger partial charge in [-0.15, -0.1) is 6.58 Å². The van der Waals surface area contributed by atoms with Crippen molar-refractivity contribution < 1.29 is 4.74 Å². The van der Waals surface area contributed by atoms with Crippen LogP contribution in [0.2, 0.25) is 0 Å². The van der Waals surface area contributed by atoms with E-state index in [4.69, 9.17) is 4.74 Å². The molecule has 1 nitrogen and oxygen atoms in total. The summed E-state index contributed by atoms with van der Waals surface area (Å²) >= 11 is 3.42. The minimum atomic E-state index is 0.148. The molecule has 0 aliphatic heterocycles. The van der Waals surface area contributed by atoms with E-state index in [1.54, 1.807) is 6.26 Å². The van der Waals surface area contributed by atoms with E-state index in [9.17, 15) is 0 Å². The number of halogens is 1. The molecule has 2 atom stereocenters. The summed E-state index contributed by atoms with van der Waals surface area (Å²) in [6, 6.07) is 0. The van der Waals surface area contributed by atoms with Crippen LogP contribution in [0.5, 0.6) is 0 Å². The van der Waals surface area contributed by atoms with Crippen molar-refractivity contribution in [2.75, 3.05) is 0 Å². The lowest BCUT2D eigenvalue weighted by atomic mass is 10.3. The number of ether oxygens (including phenoxy) is 1. The van der Waals surface area contributed by atoms with Crippen molar-refractivity contribution in [1.82, 2.24) is 0 Å². The first-order valence-corrected chi connectivity index (χ1v) is 4.71. The molecular weight excluding hydrogens is 204 g/mol. The zero-order valence-electron chi connectivity index (χ0n) is 7.09. The number of hydrogen-bond donors (Lipinski definition) is 0. The number of allylic oxidation sites excluding steroid dienone is 1. The third kappa shape index (κ3) is 5.08. The van der Waals surface area contributed by atoms with E-state index in [2.05, 4.69) is 29.4 Å². The third-order valence-electron chi connectivity index (χ3n) is 1.30. The van der Waals surface area contributed by atoms with Crippen LogP contribution in [0.15, 0.2) is 25.0 Å². The first kappa shape index (κ1) is 10.8. The molecule has 2 heteroatoms.